The maximum absolute atomic E-state index is 5.95. The topological polar surface area (TPSA) is 26.0 Å². The van der Waals surface area contributed by atoms with Crippen LogP contribution in [0.4, 0.5) is 5.69 Å². The zero-order chi connectivity index (χ0) is 12.2. The summed E-state index contributed by atoms with van der Waals surface area (Å²) in [5.41, 5.74) is 13.2. The molecule has 1 spiro atoms. The van der Waals surface area contributed by atoms with Crippen molar-refractivity contribution in [1.82, 2.24) is 0 Å². The minimum Gasteiger partial charge on any atom is -0.399 e. The average Bonchev–Trinajstić information content (AvgIpc) is 3.19. The van der Waals surface area contributed by atoms with Gasteiger partial charge in [-0.1, -0.05) is 30.3 Å². The number of aryl methyl sites for hydroxylation is 2. The van der Waals surface area contributed by atoms with Crippen LogP contribution in [0.3, 0.4) is 0 Å². The fourth-order valence-electron chi connectivity index (χ4n) is 3.57. The van der Waals surface area contributed by atoms with Gasteiger partial charge in [-0.2, -0.15) is 0 Å². The molecule has 2 aromatic rings. The lowest BCUT2D eigenvalue weighted by Crippen LogP contribution is -2.11. The van der Waals surface area contributed by atoms with Crippen LogP contribution in [0, 0.1) is 0 Å². The van der Waals surface area contributed by atoms with E-state index in [0.29, 0.717) is 5.41 Å². The van der Waals surface area contributed by atoms with E-state index in [-0.39, 0.29) is 0 Å². The third-order valence-electron chi connectivity index (χ3n) is 4.59. The van der Waals surface area contributed by atoms with Crippen molar-refractivity contribution in [3.8, 4) is 0 Å². The Bertz CT molecular complexity index is 623. The molecule has 1 nitrogen and oxygen atoms in total. The number of hydrogen-bond acceptors (Lipinski definition) is 1. The zero-order valence-corrected chi connectivity index (χ0v) is 10.4. The van der Waals surface area contributed by atoms with Crippen molar-refractivity contribution in [2.24, 2.45) is 0 Å². The van der Waals surface area contributed by atoms with Gasteiger partial charge in [0.25, 0.3) is 0 Å². The standard InChI is InChI=1S/C17H17N/c18-14-7-8-16-13(11-14)6-5-12-3-1-2-4-15(12)17(16)9-10-17/h1-4,7-8,11H,5-6,9-10,18H2. The summed E-state index contributed by atoms with van der Waals surface area (Å²) in [6, 6.07) is 15.5. The summed E-state index contributed by atoms with van der Waals surface area (Å²) >= 11 is 0. The molecule has 2 aliphatic rings. The van der Waals surface area contributed by atoms with Gasteiger partial charge in [-0.15, -0.1) is 0 Å². The van der Waals surface area contributed by atoms with Crippen LogP contribution in [0.5, 0.6) is 0 Å². The van der Waals surface area contributed by atoms with E-state index in [0.717, 1.165) is 18.5 Å². The van der Waals surface area contributed by atoms with E-state index in [1.165, 1.54) is 29.5 Å². The van der Waals surface area contributed by atoms with Crippen molar-refractivity contribution in [3.63, 3.8) is 0 Å². The van der Waals surface area contributed by atoms with Crippen molar-refractivity contribution < 1.29 is 0 Å². The number of benzene rings is 2. The van der Waals surface area contributed by atoms with E-state index in [1.54, 1.807) is 5.56 Å². The Hall–Kier alpha value is -1.76. The average molecular weight is 235 g/mol. The quantitative estimate of drug-likeness (QED) is 0.695. The van der Waals surface area contributed by atoms with Gasteiger partial charge in [-0.05, 0) is 60.1 Å². The predicted octanol–water partition coefficient (Wildman–Crippen LogP) is 3.45. The van der Waals surface area contributed by atoms with Gasteiger partial charge in [-0.25, -0.2) is 0 Å². The van der Waals surface area contributed by atoms with Crippen LogP contribution in [-0.2, 0) is 18.3 Å². The third-order valence-corrected chi connectivity index (χ3v) is 4.59. The van der Waals surface area contributed by atoms with E-state index in [9.17, 15) is 0 Å². The number of fused-ring (bicyclic) bond motifs is 4. The second kappa shape index (κ2) is 3.38. The van der Waals surface area contributed by atoms with Crippen LogP contribution >= 0.6 is 0 Å². The highest BCUT2D eigenvalue weighted by molar-refractivity contribution is 5.57. The van der Waals surface area contributed by atoms with Gasteiger partial charge in [0.05, 0.1) is 0 Å². The fourth-order valence-corrected chi connectivity index (χ4v) is 3.57. The number of nitrogen functional groups attached to an aromatic ring is 1. The lowest BCUT2D eigenvalue weighted by Gasteiger charge is -2.19. The SMILES string of the molecule is Nc1ccc2c(c1)CCc1ccccc1C21CC1. The second-order valence-corrected chi connectivity index (χ2v) is 5.66. The fraction of sp³-hybridized carbons (Fsp3) is 0.294. The van der Waals surface area contributed by atoms with Crippen molar-refractivity contribution in [2.75, 3.05) is 5.73 Å². The highest BCUT2D eigenvalue weighted by Crippen LogP contribution is 2.56. The molecule has 1 saturated carbocycles. The normalized spacial score (nSPS) is 18.9. The van der Waals surface area contributed by atoms with Gasteiger partial charge in [-0.3, -0.25) is 0 Å². The molecule has 18 heavy (non-hydrogen) atoms. The maximum atomic E-state index is 5.95. The molecule has 2 N–H and O–H groups in total. The van der Waals surface area contributed by atoms with Gasteiger partial charge in [0.2, 0.25) is 0 Å². The largest absolute Gasteiger partial charge is 0.399 e. The molecular weight excluding hydrogens is 218 g/mol. The summed E-state index contributed by atoms with van der Waals surface area (Å²) in [7, 11) is 0. The van der Waals surface area contributed by atoms with Crippen molar-refractivity contribution in [1.29, 1.82) is 0 Å². The van der Waals surface area contributed by atoms with Gasteiger partial charge in [0.15, 0.2) is 0 Å². The number of anilines is 1. The van der Waals surface area contributed by atoms with E-state index >= 15 is 0 Å². The Morgan fingerprint density at radius 2 is 1.56 bits per heavy atom. The lowest BCUT2D eigenvalue weighted by molar-refractivity contribution is 0.839. The highest BCUT2D eigenvalue weighted by atomic mass is 14.6. The third kappa shape index (κ3) is 1.28. The van der Waals surface area contributed by atoms with E-state index in [1.807, 2.05) is 0 Å². The molecule has 0 bridgehead atoms. The molecule has 0 heterocycles. The molecule has 2 aliphatic carbocycles. The Labute approximate surface area is 108 Å². The van der Waals surface area contributed by atoms with Gasteiger partial charge in [0.1, 0.15) is 0 Å². The molecule has 0 atom stereocenters. The van der Waals surface area contributed by atoms with Crippen molar-refractivity contribution >= 4 is 5.69 Å². The Kier molecular flexibility index (Phi) is 1.91. The smallest absolute Gasteiger partial charge is 0.0316 e. The van der Waals surface area contributed by atoms with Gasteiger partial charge in [0, 0.05) is 11.1 Å². The first-order chi connectivity index (χ1) is 8.79. The molecule has 0 aliphatic heterocycles. The van der Waals surface area contributed by atoms with Crippen LogP contribution < -0.4 is 5.73 Å². The first kappa shape index (κ1) is 10.2. The van der Waals surface area contributed by atoms with Crippen LogP contribution in [0.25, 0.3) is 0 Å². The first-order valence-electron chi connectivity index (χ1n) is 6.77. The molecule has 0 amide bonds. The number of hydrogen-bond donors (Lipinski definition) is 1. The molecule has 0 aromatic heterocycles. The van der Waals surface area contributed by atoms with Crippen LogP contribution in [0.15, 0.2) is 42.5 Å². The summed E-state index contributed by atoms with van der Waals surface area (Å²) < 4.78 is 0. The Morgan fingerprint density at radius 3 is 2.39 bits per heavy atom. The van der Waals surface area contributed by atoms with E-state index in [2.05, 4.69) is 42.5 Å². The van der Waals surface area contributed by atoms with Gasteiger partial charge < -0.3 is 5.73 Å². The molecule has 0 radical (unpaired) electrons. The molecule has 4 rings (SSSR count). The summed E-state index contributed by atoms with van der Waals surface area (Å²) in [6.45, 7) is 0. The number of rotatable bonds is 0. The first-order valence-corrected chi connectivity index (χ1v) is 6.77. The summed E-state index contributed by atoms with van der Waals surface area (Å²) in [5.74, 6) is 0. The van der Waals surface area contributed by atoms with Crippen LogP contribution in [0.2, 0.25) is 0 Å². The molecule has 2 aromatic carbocycles. The minimum atomic E-state index is 0.316. The summed E-state index contributed by atoms with van der Waals surface area (Å²) in [5, 5.41) is 0. The number of nitrogens with two attached hydrogens (primary N) is 1. The molecule has 1 heteroatoms. The predicted molar refractivity (Wildman–Crippen MR) is 74.7 cm³/mol. The molecule has 0 saturated heterocycles. The van der Waals surface area contributed by atoms with Crippen LogP contribution in [0.1, 0.15) is 35.1 Å². The molecule has 0 unspecified atom stereocenters. The van der Waals surface area contributed by atoms with Gasteiger partial charge >= 0.3 is 0 Å². The summed E-state index contributed by atoms with van der Waals surface area (Å²) in [4.78, 5) is 0. The summed E-state index contributed by atoms with van der Waals surface area (Å²) in [6.07, 6.45) is 4.86. The highest BCUT2D eigenvalue weighted by Gasteiger charge is 2.48. The maximum Gasteiger partial charge on any atom is 0.0316 e. The lowest BCUT2D eigenvalue weighted by atomic mass is 9.85. The monoisotopic (exact) mass is 235 g/mol. The second-order valence-electron chi connectivity index (χ2n) is 5.66. The van der Waals surface area contributed by atoms with Crippen LogP contribution in [-0.4, -0.2) is 0 Å². The van der Waals surface area contributed by atoms with Crippen molar-refractivity contribution in [3.05, 3.63) is 64.7 Å². The molecule has 90 valence electrons. The van der Waals surface area contributed by atoms with E-state index < -0.39 is 0 Å². The zero-order valence-electron chi connectivity index (χ0n) is 10.4. The van der Waals surface area contributed by atoms with E-state index in [4.69, 9.17) is 5.73 Å². The Balaban J connectivity index is 1.98. The molecular formula is C17H17N. The minimum absolute atomic E-state index is 0.316. The molecule has 1 fully saturated rings. The van der Waals surface area contributed by atoms with Crippen molar-refractivity contribution in [2.45, 2.75) is 31.1 Å². The Morgan fingerprint density at radius 1 is 0.833 bits per heavy atom.